The molecule has 114 valence electrons. The number of nitrogens with zero attached hydrogens (tertiary/aromatic N) is 3. The van der Waals surface area contributed by atoms with Crippen LogP contribution < -0.4 is 10.3 Å². The largest absolute Gasteiger partial charge is 0.493 e. The second kappa shape index (κ2) is 7.41. The fraction of sp³-hybridized carbons (Fsp3) is 0.353. The summed E-state index contributed by atoms with van der Waals surface area (Å²) in [5, 5.41) is 13.6. The van der Waals surface area contributed by atoms with Gasteiger partial charge in [0.05, 0.1) is 12.3 Å². The average Bonchev–Trinajstić information content (AvgIpc) is 2.55. The summed E-state index contributed by atoms with van der Waals surface area (Å²) in [4.78, 5) is 12.1. The van der Waals surface area contributed by atoms with Crippen molar-refractivity contribution >= 4 is 0 Å². The lowest BCUT2D eigenvalue weighted by molar-refractivity contribution is 0.318. The third-order valence-electron chi connectivity index (χ3n) is 3.15. The van der Waals surface area contributed by atoms with Crippen molar-refractivity contribution in [1.29, 1.82) is 5.26 Å². The molecule has 0 radical (unpaired) electrons. The van der Waals surface area contributed by atoms with E-state index in [1.54, 1.807) is 0 Å². The lowest BCUT2D eigenvalue weighted by Gasteiger charge is -2.12. The molecule has 5 nitrogen and oxygen atoms in total. The summed E-state index contributed by atoms with van der Waals surface area (Å²) in [6, 6.07) is 11.0. The van der Waals surface area contributed by atoms with Crippen molar-refractivity contribution < 1.29 is 4.74 Å². The Kier molecular flexibility index (Phi) is 5.31. The second-order valence-corrected chi connectivity index (χ2v) is 4.93. The van der Waals surface area contributed by atoms with Crippen LogP contribution in [0.5, 0.6) is 5.75 Å². The first kappa shape index (κ1) is 15.8. The van der Waals surface area contributed by atoms with Gasteiger partial charge < -0.3 is 4.74 Å². The lowest BCUT2D eigenvalue weighted by atomic mass is 10.1. The molecule has 0 spiro atoms. The van der Waals surface area contributed by atoms with Crippen molar-refractivity contribution in [3.8, 4) is 23.1 Å². The minimum Gasteiger partial charge on any atom is -0.493 e. The van der Waals surface area contributed by atoms with E-state index in [4.69, 9.17) is 4.74 Å². The van der Waals surface area contributed by atoms with Crippen LogP contribution in [-0.2, 0) is 6.54 Å². The Labute approximate surface area is 129 Å². The molecule has 0 fully saturated rings. The van der Waals surface area contributed by atoms with Crippen LogP contribution in [0.25, 0.3) is 11.3 Å². The van der Waals surface area contributed by atoms with Crippen LogP contribution in [0, 0.1) is 11.3 Å². The minimum absolute atomic E-state index is 0.101. The van der Waals surface area contributed by atoms with Crippen molar-refractivity contribution in [3.05, 3.63) is 46.2 Å². The summed E-state index contributed by atoms with van der Waals surface area (Å²) >= 11 is 0. The van der Waals surface area contributed by atoms with Crippen molar-refractivity contribution in [2.75, 3.05) is 6.61 Å². The van der Waals surface area contributed by atoms with Gasteiger partial charge in [0.2, 0.25) is 0 Å². The summed E-state index contributed by atoms with van der Waals surface area (Å²) < 4.78 is 7.09. The number of ether oxygens (including phenoxy) is 1. The number of benzene rings is 1. The van der Waals surface area contributed by atoms with Gasteiger partial charge in [-0.25, -0.2) is 4.68 Å². The Morgan fingerprint density at radius 3 is 2.73 bits per heavy atom. The van der Waals surface area contributed by atoms with Gasteiger partial charge in [0, 0.05) is 12.1 Å². The summed E-state index contributed by atoms with van der Waals surface area (Å²) in [5.41, 5.74) is 1.12. The molecule has 0 unspecified atom stereocenters. The Morgan fingerprint density at radius 1 is 1.27 bits per heavy atom. The highest BCUT2D eigenvalue weighted by Gasteiger charge is 2.12. The predicted molar refractivity (Wildman–Crippen MR) is 84.7 cm³/mol. The highest BCUT2D eigenvalue weighted by atomic mass is 16.5. The first-order valence-corrected chi connectivity index (χ1v) is 7.45. The molecule has 5 heteroatoms. The third-order valence-corrected chi connectivity index (χ3v) is 3.15. The smallest absolute Gasteiger partial charge is 0.284 e. The number of aromatic nitrogens is 2. The van der Waals surface area contributed by atoms with Crippen molar-refractivity contribution in [3.63, 3.8) is 0 Å². The summed E-state index contributed by atoms with van der Waals surface area (Å²) in [6.45, 7) is 5.09. The monoisotopic (exact) mass is 297 g/mol. The summed E-state index contributed by atoms with van der Waals surface area (Å²) in [6.07, 6.45) is 1.68. The number of rotatable bonds is 6. The van der Waals surface area contributed by atoms with Gasteiger partial charge in [-0.3, -0.25) is 4.79 Å². The first-order valence-electron chi connectivity index (χ1n) is 7.45. The van der Waals surface area contributed by atoms with E-state index in [2.05, 4.69) is 5.10 Å². The minimum atomic E-state index is -0.347. The standard InChI is InChI=1S/C17H19N3O2/c1-3-9-20-17(21)13(12-18)11-15(19-20)14-7-5-6-8-16(14)22-10-4-2/h5-8,11H,3-4,9-10H2,1-2H3. The van der Waals surface area contributed by atoms with Gasteiger partial charge in [0.1, 0.15) is 17.4 Å². The van der Waals surface area contributed by atoms with E-state index in [0.29, 0.717) is 24.6 Å². The van der Waals surface area contributed by atoms with Crippen LogP contribution in [0.2, 0.25) is 0 Å². The van der Waals surface area contributed by atoms with Gasteiger partial charge in [-0.05, 0) is 31.0 Å². The van der Waals surface area contributed by atoms with Crippen LogP contribution in [0.1, 0.15) is 32.3 Å². The Hall–Kier alpha value is -2.61. The molecule has 0 aliphatic heterocycles. The first-order chi connectivity index (χ1) is 10.7. The molecule has 0 amide bonds. The van der Waals surface area contributed by atoms with E-state index < -0.39 is 0 Å². The van der Waals surface area contributed by atoms with Crippen LogP contribution in [-0.4, -0.2) is 16.4 Å². The maximum absolute atomic E-state index is 12.1. The lowest BCUT2D eigenvalue weighted by Crippen LogP contribution is -2.25. The SMILES string of the molecule is CCCOc1ccccc1-c1cc(C#N)c(=O)n(CCC)n1. The number of nitriles is 1. The molecular weight excluding hydrogens is 278 g/mol. The zero-order valence-corrected chi connectivity index (χ0v) is 12.9. The zero-order chi connectivity index (χ0) is 15.9. The van der Waals surface area contributed by atoms with Crippen LogP contribution in [0.3, 0.4) is 0 Å². The fourth-order valence-electron chi connectivity index (χ4n) is 2.13. The van der Waals surface area contributed by atoms with Crippen molar-refractivity contribution in [2.45, 2.75) is 33.2 Å². The molecule has 0 saturated heterocycles. The Balaban J connectivity index is 2.55. The maximum atomic E-state index is 12.1. The molecule has 1 heterocycles. The summed E-state index contributed by atoms with van der Waals surface area (Å²) in [5.74, 6) is 0.711. The molecule has 1 aromatic heterocycles. The van der Waals surface area contributed by atoms with Gasteiger partial charge >= 0.3 is 0 Å². The number of hydrogen-bond donors (Lipinski definition) is 0. The van der Waals surface area contributed by atoms with E-state index in [1.807, 2.05) is 44.2 Å². The van der Waals surface area contributed by atoms with Gasteiger partial charge in [-0.15, -0.1) is 0 Å². The highest BCUT2D eigenvalue weighted by molar-refractivity contribution is 5.67. The fourth-order valence-corrected chi connectivity index (χ4v) is 2.13. The molecule has 0 saturated carbocycles. The Morgan fingerprint density at radius 2 is 2.05 bits per heavy atom. The molecule has 2 aromatic rings. The van der Waals surface area contributed by atoms with Gasteiger partial charge in [-0.1, -0.05) is 26.0 Å². The quantitative estimate of drug-likeness (QED) is 0.822. The van der Waals surface area contributed by atoms with Crippen LogP contribution >= 0.6 is 0 Å². The maximum Gasteiger partial charge on any atom is 0.284 e. The number of hydrogen-bond acceptors (Lipinski definition) is 4. The zero-order valence-electron chi connectivity index (χ0n) is 12.9. The third kappa shape index (κ3) is 3.34. The molecule has 0 atom stereocenters. The molecular formula is C17H19N3O2. The Bertz CT molecular complexity index is 744. The highest BCUT2D eigenvalue weighted by Crippen LogP contribution is 2.28. The van der Waals surface area contributed by atoms with Crippen molar-refractivity contribution in [1.82, 2.24) is 9.78 Å². The van der Waals surface area contributed by atoms with Gasteiger partial charge in [0.25, 0.3) is 5.56 Å². The van der Waals surface area contributed by atoms with Gasteiger partial charge in [0.15, 0.2) is 0 Å². The molecule has 0 aliphatic carbocycles. The van der Waals surface area contributed by atoms with Crippen LogP contribution in [0.4, 0.5) is 0 Å². The normalized spacial score (nSPS) is 10.2. The molecule has 22 heavy (non-hydrogen) atoms. The average molecular weight is 297 g/mol. The van der Waals surface area contributed by atoms with E-state index >= 15 is 0 Å². The van der Waals surface area contributed by atoms with E-state index in [-0.39, 0.29) is 11.1 Å². The molecule has 0 aliphatic rings. The topological polar surface area (TPSA) is 67.9 Å². The molecule has 2 rings (SSSR count). The van der Waals surface area contributed by atoms with E-state index in [0.717, 1.165) is 18.4 Å². The number of para-hydroxylation sites is 1. The molecule has 0 bridgehead atoms. The van der Waals surface area contributed by atoms with E-state index in [1.165, 1.54) is 10.7 Å². The second-order valence-electron chi connectivity index (χ2n) is 4.93. The predicted octanol–water partition coefficient (Wildman–Crippen LogP) is 2.98. The van der Waals surface area contributed by atoms with Crippen LogP contribution in [0.15, 0.2) is 35.1 Å². The van der Waals surface area contributed by atoms with Gasteiger partial charge in [-0.2, -0.15) is 10.4 Å². The van der Waals surface area contributed by atoms with Crippen molar-refractivity contribution in [2.24, 2.45) is 0 Å². The summed E-state index contributed by atoms with van der Waals surface area (Å²) in [7, 11) is 0. The molecule has 0 N–H and O–H groups in total. The van der Waals surface area contributed by atoms with E-state index in [9.17, 15) is 10.1 Å². The number of aryl methyl sites for hydroxylation is 1. The molecule has 1 aromatic carbocycles.